The van der Waals surface area contributed by atoms with Gasteiger partial charge in [0.25, 0.3) is 0 Å². The standard InChI is InChI=1S/C5H3OSi.C3H7O2.2ClH.Ti/c6-3-1-4-5(2-3)7-4;1-5-3-2-4;;;/h1H,7H2;4H,1-3H2;2*1H;/q;;;;+2/p-2. The summed E-state index contributed by atoms with van der Waals surface area (Å²) in [7, 11) is -0.0807. The van der Waals surface area contributed by atoms with Crippen molar-refractivity contribution in [3.05, 3.63) is 20.3 Å². The van der Waals surface area contributed by atoms with Gasteiger partial charge in [0.1, 0.15) is 0 Å². The Morgan fingerprint density at radius 2 is 2.20 bits per heavy atom. The minimum atomic E-state index is -0.383. The van der Waals surface area contributed by atoms with Crippen molar-refractivity contribution in [1.29, 1.82) is 0 Å². The van der Waals surface area contributed by atoms with E-state index in [2.05, 4.69) is 0 Å². The molecular weight excluding hydrogens is 291 g/mol. The molecule has 1 aliphatic heterocycles. The van der Waals surface area contributed by atoms with Gasteiger partial charge in [-0.25, -0.2) is 0 Å². The second kappa shape index (κ2) is 7.01. The topological polar surface area (TPSA) is 46.5 Å². The largest absolute Gasteiger partial charge is 1.00 e. The maximum atomic E-state index is 11.3. The van der Waals surface area contributed by atoms with E-state index in [1.807, 2.05) is 6.08 Å². The molecule has 0 atom stereocenters. The molecule has 3 nitrogen and oxygen atoms in total. The molecular formula is C8H10Cl2O3SiTi. The van der Waals surface area contributed by atoms with Crippen molar-refractivity contribution in [2.24, 2.45) is 0 Å². The van der Waals surface area contributed by atoms with Crippen LogP contribution in [0.15, 0.2) is 20.3 Å². The third-order valence-electron chi connectivity index (χ3n) is 2.07. The summed E-state index contributed by atoms with van der Waals surface area (Å²) in [4.78, 5) is 12.0. The molecule has 0 amide bonds. The molecule has 0 aromatic rings. The van der Waals surface area contributed by atoms with Crippen molar-refractivity contribution in [2.75, 3.05) is 18.1 Å². The molecule has 1 fully saturated rings. The number of carbonyl (C=O) groups excluding carboxylic acids is 1. The number of ketones is 1. The predicted octanol–water partition coefficient (Wildman–Crippen LogP) is -7.10. The molecule has 0 bridgehead atoms. The molecule has 0 radical (unpaired) electrons. The van der Waals surface area contributed by atoms with Gasteiger partial charge in [-0.1, -0.05) is 0 Å². The number of hydrogen-bond acceptors (Lipinski definition) is 3. The molecule has 0 spiro atoms. The maximum Gasteiger partial charge on any atom is -1.00 e. The molecule has 0 aromatic carbocycles. The van der Waals surface area contributed by atoms with E-state index in [1.165, 1.54) is 10.4 Å². The van der Waals surface area contributed by atoms with E-state index in [1.54, 1.807) is 0 Å². The van der Waals surface area contributed by atoms with Gasteiger partial charge in [0, 0.05) is 0 Å². The van der Waals surface area contributed by atoms with Crippen molar-refractivity contribution in [3.8, 4) is 0 Å². The van der Waals surface area contributed by atoms with E-state index in [0.717, 1.165) is 3.88 Å². The summed E-state index contributed by atoms with van der Waals surface area (Å²) in [6.45, 7) is 0.474. The number of allylic oxidation sites excluding steroid dienone is 4. The van der Waals surface area contributed by atoms with Gasteiger partial charge in [-0.15, -0.1) is 0 Å². The van der Waals surface area contributed by atoms with Crippen LogP contribution in [-0.2, 0) is 28.7 Å². The molecule has 2 aliphatic rings. The Morgan fingerprint density at radius 3 is 2.73 bits per heavy atom. The molecule has 0 aromatic heterocycles. The smallest absolute Gasteiger partial charge is 1.00 e. The van der Waals surface area contributed by atoms with Gasteiger partial charge in [-0.2, -0.15) is 0 Å². The van der Waals surface area contributed by atoms with Crippen molar-refractivity contribution >= 4 is 15.3 Å². The van der Waals surface area contributed by atoms with Crippen LogP contribution in [0.4, 0.5) is 0 Å². The van der Waals surface area contributed by atoms with E-state index >= 15 is 0 Å². The average Bonchev–Trinajstić information content (AvgIpc) is 2.78. The number of carbonyl (C=O) groups is 1. The fraction of sp³-hybridized carbons (Fsp3) is 0.375. The number of aliphatic hydroxyl groups excluding tert-OH is 1. The zero-order valence-corrected chi connectivity index (χ0v) is 12.4. The molecule has 0 saturated carbocycles. The fourth-order valence-corrected chi connectivity index (χ4v) is 5.36. The zero-order chi connectivity index (χ0) is 9.26. The Labute approximate surface area is 112 Å². The third kappa shape index (κ3) is 3.82. The van der Waals surface area contributed by atoms with Crippen LogP contribution >= 0.6 is 0 Å². The van der Waals surface area contributed by atoms with Crippen LogP contribution in [0.2, 0.25) is 0 Å². The van der Waals surface area contributed by atoms with Crippen LogP contribution < -0.4 is 24.8 Å². The van der Waals surface area contributed by atoms with E-state index in [0.29, 0.717) is 11.5 Å². The Bertz CT molecular complexity index is 317. The number of ether oxygens (including phenoxy) is 1. The first kappa shape index (κ1) is 15.6. The van der Waals surface area contributed by atoms with E-state index in [4.69, 9.17) is 9.84 Å². The second-order valence-corrected chi connectivity index (χ2v) is 6.62. The molecule has 1 heterocycles. The summed E-state index contributed by atoms with van der Waals surface area (Å²) in [6, 6.07) is 0. The first-order valence-electron chi connectivity index (χ1n) is 4.24. The first-order chi connectivity index (χ1) is 6.33. The number of fused-ring (bicyclic) bond motifs is 1. The Balaban J connectivity index is 0.000000980. The Kier molecular flexibility index (Phi) is 7.29. The van der Waals surface area contributed by atoms with Gasteiger partial charge in [0.05, 0.1) is 0 Å². The van der Waals surface area contributed by atoms with Gasteiger partial charge in [0.15, 0.2) is 0 Å². The number of rotatable bonds is 5. The maximum absolute atomic E-state index is 11.3. The van der Waals surface area contributed by atoms with Crippen LogP contribution in [0.3, 0.4) is 0 Å². The molecule has 1 saturated heterocycles. The number of aliphatic hydroxyl groups is 1. The molecule has 0 unspecified atom stereocenters. The van der Waals surface area contributed by atoms with Crippen molar-refractivity contribution in [3.63, 3.8) is 0 Å². The van der Waals surface area contributed by atoms with E-state index in [9.17, 15) is 4.79 Å². The number of halogens is 2. The van der Waals surface area contributed by atoms with Crippen LogP contribution in [0.1, 0.15) is 0 Å². The minimum Gasteiger partial charge on any atom is -1.00 e. The van der Waals surface area contributed by atoms with Crippen LogP contribution in [-0.4, -0.2) is 38.5 Å². The normalized spacial score (nSPS) is 17.7. The third-order valence-corrected chi connectivity index (χ3v) is 6.25. The van der Waals surface area contributed by atoms with Gasteiger partial charge in [0.2, 0.25) is 0 Å². The molecule has 7 heteroatoms. The first-order valence-corrected chi connectivity index (χ1v) is 7.53. The summed E-state index contributed by atoms with van der Waals surface area (Å²) in [6.07, 6.45) is 1.81. The van der Waals surface area contributed by atoms with Gasteiger partial charge in [-0.3, -0.25) is 0 Å². The van der Waals surface area contributed by atoms with Crippen LogP contribution in [0.5, 0.6) is 0 Å². The zero-order valence-electron chi connectivity index (χ0n) is 7.93. The molecule has 1 aliphatic carbocycles. The van der Waals surface area contributed by atoms with E-state index in [-0.39, 0.29) is 65.9 Å². The molecule has 2 rings (SSSR count). The molecule has 82 valence electrons. The summed E-state index contributed by atoms with van der Waals surface area (Å²) >= 11 is -0.383. The Morgan fingerprint density at radius 1 is 1.47 bits per heavy atom. The summed E-state index contributed by atoms with van der Waals surface area (Å²) < 4.78 is 6.28. The monoisotopic (exact) mass is 300 g/mol. The van der Waals surface area contributed by atoms with Crippen molar-refractivity contribution in [2.45, 2.75) is 0 Å². The summed E-state index contributed by atoms with van der Waals surface area (Å²) in [5.74, 6) is 0.247. The number of hydrogen-bond donors (Lipinski definition) is 1. The Hall–Kier alpha value is 0.581. The van der Waals surface area contributed by atoms with Gasteiger partial charge in [-0.05, 0) is 0 Å². The molecule has 15 heavy (non-hydrogen) atoms. The van der Waals surface area contributed by atoms with Crippen molar-refractivity contribution < 1.29 is 58.6 Å². The van der Waals surface area contributed by atoms with Crippen LogP contribution in [0, 0.1) is 0 Å². The van der Waals surface area contributed by atoms with Gasteiger partial charge < -0.3 is 24.8 Å². The second-order valence-electron chi connectivity index (χ2n) is 3.02. The van der Waals surface area contributed by atoms with Crippen LogP contribution in [0.25, 0.3) is 0 Å². The molecule has 1 N–H and O–H groups in total. The predicted molar refractivity (Wildman–Crippen MR) is 46.6 cm³/mol. The average molecular weight is 301 g/mol. The summed E-state index contributed by atoms with van der Waals surface area (Å²) in [5.41, 5.74) is 0. The van der Waals surface area contributed by atoms with E-state index < -0.39 is 0 Å². The van der Waals surface area contributed by atoms with Gasteiger partial charge >= 0.3 is 87.6 Å². The van der Waals surface area contributed by atoms with Crippen molar-refractivity contribution in [1.82, 2.24) is 0 Å². The minimum absolute atomic E-state index is 0. The fourth-order valence-electron chi connectivity index (χ4n) is 1.37. The quantitative estimate of drug-likeness (QED) is 0.405. The summed E-state index contributed by atoms with van der Waals surface area (Å²) in [5, 5.41) is 11.3. The SMILES string of the molecule is O=C1C=C2[SiH2]C2=[C]1[Ti+2][CH2]OCCO.[Cl-].[Cl-].